The lowest BCUT2D eigenvalue weighted by Crippen LogP contribution is -2.72. The summed E-state index contributed by atoms with van der Waals surface area (Å²) in [7, 11) is -48.0. The van der Waals surface area contributed by atoms with E-state index in [1.807, 2.05) is 0 Å². The topological polar surface area (TPSA) is 834 Å². The van der Waals surface area contributed by atoms with Gasteiger partial charge in [-0.05, 0) is 0 Å². The van der Waals surface area contributed by atoms with Gasteiger partial charge in [-0.2, -0.15) is 0 Å². The number of aliphatic carboxylic acids is 2. The molecule has 9 N–H and O–H groups in total. The summed E-state index contributed by atoms with van der Waals surface area (Å²) < 4.78 is 358. The van der Waals surface area contributed by atoms with Crippen LogP contribution in [0.5, 0.6) is 0 Å². The number of carboxylic acids is 2. The molecule has 0 radical (unpaired) electrons. The van der Waals surface area contributed by atoms with Crippen molar-refractivity contribution in [1.29, 1.82) is 0 Å². The van der Waals surface area contributed by atoms with Gasteiger partial charge in [-0.25, -0.2) is 81.5 Å². The van der Waals surface area contributed by atoms with Crippen molar-refractivity contribution in [2.75, 3.05) is 26.9 Å². The molecule has 60 heteroatoms. The van der Waals surface area contributed by atoms with Gasteiger partial charge in [0.2, 0.25) is 52.0 Å². The van der Waals surface area contributed by atoms with E-state index in [4.69, 9.17) is 47.4 Å². The van der Waals surface area contributed by atoms with E-state index in [2.05, 4.69) is 20.9 Å². The molecule has 52 nitrogen and oxygen atoms in total. The standard InChI is InChI=1S/C31H53N3O49S8/c1-69-27-9(33-85(48,49)50)13(37)17(6(74-27)3-71-88(57,58)59)76-30-22(83-91(66,67)68)16(40)20(24(81-30)26(43)44)79-29-10(34-86(51,52)53)14(38)18(7(75-29)4-72-89(60,61)62)77-31-21(82-90(63,64)65)15(39)19(23(80-31)25(41)42)78-28-8(32-84(45,46)47)12(36)11(35)5(73-28)2-70-87(54,55)56/h5-24,27-40H,2-4H2,1H3,(H,41,42)(H,43,44)(H,45,46,47)(H,48,49,50)(H,51,52,53)(H,54,55,56)(H,57,58,59)(H,60,61,62)(H,63,64,65)(H,66,67,68)/p-10/t5-,6-,7-,8-,9-,10-,11-,12-,13-,14-,15+,16+,17-,18-,19+,20+,21-,22-,23+,24-,27+,28-,29-,30-,31-/m1/s1. The number of hydrogen-bond acceptors (Lipinski definition) is 49. The van der Waals surface area contributed by atoms with Crippen LogP contribution in [0.1, 0.15) is 0 Å². The first-order valence-electron chi connectivity index (χ1n) is 23.4. The van der Waals surface area contributed by atoms with Gasteiger partial charge in [-0.1, -0.05) is 0 Å². The van der Waals surface area contributed by atoms with E-state index in [-0.39, 0.29) is 0 Å². The van der Waals surface area contributed by atoms with Crippen molar-refractivity contribution in [2.24, 2.45) is 0 Å². The lowest BCUT2D eigenvalue weighted by Gasteiger charge is -2.51. The van der Waals surface area contributed by atoms with Gasteiger partial charge in [0.25, 0.3) is 0 Å². The fourth-order valence-corrected chi connectivity index (χ4v) is 12.5. The van der Waals surface area contributed by atoms with Crippen LogP contribution < -0.4 is 24.4 Å². The molecule has 0 saturated carbocycles. The van der Waals surface area contributed by atoms with E-state index in [0.717, 1.165) is 9.44 Å². The summed E-state index contributed by atoms with van der Waals surface area (Å²) in [4.78, 5) is 25.5. The number of carboxylic acid groups (broad SMARTS) is 2. The Kier molecular flexibility index (Phi) is 26.0. The molecule has 91 heavy (non-hydrogen) atoms. The third kappa shape index (κ3) is 22.9. The summed E-state index contributed by atoms with van der Waals surface area (Å²) in [6.07, 6.45) is -66.6. The van der Waals surface area contributed by atoms with Crippen molar-refractivity contribution in [3.8, 4) is 0 Å². The molecule has 0 aromatic carbocycles. The third-order valence-electron chi connectivity index (χ3n) is 12.4. The van der Waals surface area contributed by atoms with Crippen LogP contribution in [-0.2, 0) is 161 Å². The van der Waals surface area contributed by atoms with Crippen LogP contribution in [0.25, 0.3) is 0 Å². The number of carbonyl (C=O) groups excluding carboxylic acids is 2. The fourth-order valence-electron chi connectivity index (χ4n) is 8.93. The number of aliphatic hydroxyl groups is 6. The molecule has 0 amide bonds. The maximum absolute atomic E-state index is 12.8. The van der Waals surface area contributed by atoms with E-state index < -0.39 is 268 Å². The second-order valence-corrected chi connectivity index (χ2v) is 27.1. The highest BCUT2D eigenvalue weighted by molar-refractivity contribution is 7.84. The summed E-state index contributed by atoms with van der Waals surface area (Å²) in [5, 5.41) is 92.8. The maximum atomic E-state index is 12.8. The zero-order chi connectivity index (χ0) is 69.4. The molecule has 0 bridgehead atoms. The molecule has 0 aliphatic carbocycles. The van der Waals surface area contributed by atoms with Gasteiger partial charge >= 0.3 is 0 Å². The Morgan fingerprint density at radius 1 is 0.363 bits per heavy atom. The zero-order valence-electron chi connectivity index (χ0n) is 43.6. The first-order chi connectivity index (χ1) is 41.2. The first-order valence-corrected chi connectivity index (χ1v) is 34.3. The van der Waals surface area contributed by atoms with E-state index >= 15 is 0 Å². The van der Waals surface area contributed by atoms with Gasteiger partial charge in [0.1, 0.15) is 110 Å². The van der Waals surface area contributed by atoms with Crippen LogP contribution in [0.2, 0.25) is 0 Å². The number of nitrogens with one attached hydrogen (secondary N) is 3. The molecule has 5 fully saturated rings. The third-order valence-corrected chi connectivity index (χ3v) is 16.3. The summed E-state index contributed by atoms with van der Waals surface area (Å²) in [6, 6.07) is -8.43. The van der Waals surface area contributed by atoms with Gasteiger partial charge < -0.3 is 134 Å². The van der Waals surface area contributed by atoms with Gasteiger partial charge in [0.05, 0.1) is 31.8 Å². The molecule has 5 aliphatic heterocycles. The lowest BCUT2D eigenvalue weighted by atomic mass is 9.94. The summed E-state index contributed by atoms with van der Waals surface area (Å²) >= 11 is 0. The predicted molar refractivity (Wildman–Crippen MR) is 242 cm³/mol. The lowest BCUT2D eigenvalue weighted by molar-refractivity contribution is -0.389. The van der Waals surface area contributed by atoms with Gasteiger partial charge in [0.15, 0.2) is 74.6 Å². The van der Waals surface area contributed by atoms with E-state index in [1.165, 1.54) is 4.72 Å². The number of carbonyl (C=O) groups is 2. The predicted octanol–water partition coefficient (Wildman–Crippen LogP) is -19.2. The summed E-state index contributed by atoms with van der Waals surface area (Å²) in [5.41, 5.74) is 0. The second-order valence-electron chi connectivity index (χ2n) is 18.5. The van der Waals surface area contributed by atoms with Gasteiger partial charge in [-0.15, -0.1) is 0 Å². The monoisotopic (exact) mass is 1500 g/mol. The minimum atomic E-state index is -6.48. The van der Waals surface area contributed by atoms with Crippen LogP contribution in [-0.4, -0.2) is 327 Å². The summed E-state index contributed by atoms with van der Waals surface area (Å²) in [6.45, 7) is -5.39. The van der Waals surface area contributed by atoms with Crippen molar-refractivity contribution in [3.63, 3.8) is 0 Å². The quantitative estimate of drug-likeness (QED) is 0.0238. The fraction of sp³-hybridized carbons (Fsp3) is 0.935. The molecule has 0 aromatic rings. The van der Waals surface area contributed by atoms with Crippen LogP contribution in [0.3, 0.4) is 0 Å². The maximum Gasteiger partial charge on any atom is 0.218 e. The largest absolute Gasteiger partial charge is 0.735 e. The highest BCUT2D eigenvalue weighted by Crippen LogP contribution is 2.38. The molecule has 5 heterocycles. The molecule has 5 aliphatic rings. The first kappa shape index (κ1) is 79.0. The molecular weight excluding hydrogens is 1450 g/mol. The number of methoxy groups -OCH3 is 1. The smallest absolute Gasteiger partial charge is 0.218 e. The van der Waals surface area contributed by atoms with E-state index in [9.17, 15) is 154 Å². The zero-order valence-corrected chi connectivity index (χ0v) is 50.1. The second kappa shape index (κ2) is 29.9. The highest BCUT2D eigenvalue weighted by Gasteiger charge is 2.59. The van der Waals surface area contributed by atoms with Crippen molar-refractivity contribution >= 4 is 94.8 Å². The molecule has 25 atom stereocenters. The Balaban J connectivity index is 1.58. The molecule has 5 rings (SSSR count). The molecule has 0 aromatic heterocycles. The number of aliphatic hydroxyl groups excluding tert-OH is 6. The molecule has 0 spiro atoms. The normalized spacial score (nSPS) is 38.6. The Labute approximate surface area is 509 Å². The summed E-state index contributed by atoms with van der Waals surface area (Å²) in [5.74, 6) is -5.55. The van der Waals surface area contributed by atoms with Crippen molar-refractivity contribution in [2.45, 2.75) is 153 Å². The Bertz CT molecular complexity index is 3480. The highest BCUT2D eigenvalue weighted by atomic mass is 32.3. The minimum Gasteiger partial charge on any atom is -0.735 e. The SMILES string of the molecule is CO[C@H]1O[C@H](COS(=O)(=O)[O-])[C@@H](O[C@@H]2O[C@@H](C(=O)[O-])[C@@H](O[C@H]3O[C@H](COS(=O)(=O)[O-])[C@@H](O[C@@H]4O[C@H](C(=O)[O-])[C@@H](O[C@H]5O[C@H](COS(=O)(=O)[O-])[C@@H](O)[C@H](O)[C@H]5NS(=O)(=O)[O-])[C@H](O)[C@H]4OS(=O)(=O)[O-])[C@H](O)[C@H]3NS(=O)(=O)[O-])[C@H](O)[C@H]2OS(=O)(=O)[O-])[C@H](O)[C@H]1NS(=O)(=O)[O-]. The average molecular weight is 1500 g/mol. The van der Waals surface area contributed by atoms with Gasteiger partial charge in [0, 0.05) is 7.11 Å². The molecular formula is C31H43N3O49S8-10. The Morgan fingerprint density at radius 3 is 0.945 bits per heavy atom. The number of rotatable bonds is 30. The van der Waals surface area contributed by atoms with Crippen LogP contribution in [0.15, 0.2) is 0 Å². The van der Waals surface area contributed by atoms with E-state index in [1.54, 1.807) is 0 Å². The van der Waals surface area contributed by atoms with Crippen molar-refractivity contribution in [1.82, 2.24) is 14.2 Å². The molecule has 5 saturated heterocycles. The van der Waals surface area contributed by atoms with Gasteiger partial charge in [-0.3, -0.25) is 20.9 Å². The Hall–Kier alpha value is -2.74. The minimum absolute atomic E-state index is 0.685. The molecule has 534 valence electrons. The average Bonchev–Trinajstić information content (AvgIpc) is 0.776. The van der Waals surface area contributed by atoms with E-state index in [0.29, 0.717) is 7.11 Å². The Morgan fingerprint density at radius 2 is 0.648 bits per heavy atom. The van der Waals surface area contributed by atoms with Crippen LogP contribution in [0, 0.1) is 0 Å². The van der Waals surface area contributed by atoms with Crippen LogP contribution in [0.4, 0.5) is 0 Å². The van der Waals surface area contributed by atoms with Crippen LogP contribution >= 0.6 is 0 Å². The molecule has 0 unspecified atom stereocenters. The van der Waals surface area contributed by atoms with Crippen molar-refractivity contribution in [3.05, 3.63) is 0 Å². The van der Waals surface area contributed by atoms with Crippen molar-refractivity contribution < 1.29 is 222 Å². The number of hydrogen-bond donors (Lipinski definition) is 9. The number of ether oxygens (including phenoxy) is 10.